The molecular formula is C16H16N2O5S. The molecule has 24 heavy (non-hydrogen) atoms. The van der Waals surface area contributed by atoms with E-state index in [9.17, 15) is 19.7 Å². The zero-order valence-corrected chi connectivity index (χ0v) is 14.2. The smallest absolute Gasteiger partial charge is 0.340 e. The van der Waals surface area contributed by atoms with Gasteiger partial charge in [0.2, 0.25) is 0 Å². The van der Waals surface area contributed by atoms with Crippen LogP contribution in [0.5, 0.6) is 0 Å². The average molecular weight is 348 g/mol. The van der Waals surface area contributed by atoms with Crippen LogP contribution in [0, 0.1) is 17.0 Å². The number of anilines is 1. The van der Waals surface area contributed by atoms with Gasteiger partial charge in [0, 0.05) is 22.1 Å². The Balaban J connectivity index is 2.33. The summed E-state index contributed by atoms with van der Waals surface area (Å²) >= 11 is 1.27. The molecule has 0 bridgehead atoms. The third kappa shape index (κ3) is 3.60. The predicted octanol–water partition coefficient (Wildman–Crippen LogP) is 3.57. The normalized spacial score (nSPS) is 10.3. The molecule has 0 aliphatic heterocycles. The van der Waals surface area contributed by atoms with Crippen LogP contribution in [0.15, 0.2) is 24.3 Å². The Labute approximate surface area is 142 Å². The first-order chi connectivity index (χ1) is 11.4. The van der Waals surface area contributed by atoms with E-state index in [2.05, 4.69) is 5.32 Å². The molecule has 0 fully saturated rings. The molecule has 7 nitrogen and oxygen atoms in total. The van der Waals surface area contributed by atoms with E-state index in [1.165, 1.54) is 36.6 Å². The summed E-state index contributed by atoms with van der Waals surface area (Å²) in [4.78, 5) is 35.6. The molecular weight excluding hydrogens is 332 g/mol. The van der Waals surface area contributed by atoms with Crippen molar-refractivity contribution in [2.24, 2.45) is 0 Å². The van der Waals surface area contributed by atoms with Gasteiger partial charge in [-0.05, 0) is 25.5 Å². The fourth-order valence-electron chi connectivity index (χ4n) is 2.09. The number of methoxy groups -OCH3 is 1. The molecule has 1 aromatic carbocycles. The van der Waals surface area contributed by atoms with Gasteiger partial charge < -0.3 is 10.1 Å². The van der Waals surface area contributed by atoms with Crippen LogP contribution in [0.3, 0.4) is 0 Å². The van der Waals surface area contributed by atoms with Crippen molar-refractivity contribution in [1.82, 2.24) is 0 Å². The molecule has 1 aromatic heterocycles. The molecule has 0 radical (unpaired) electrons. The second-order valence-electron chi connectivity index (χ2n) is 5.01. The molecule has 0 unspecified atom stereocenters. The maximum Gasteiger partial charge on any atom is 0.340 e. The first kappa shape index (κ1) is 17.6. The van der Waals surface area contributed by atoms with Crippen molar-refractivity contribution < 1.29 is 19.2 Å². The number of hydrogen-bond donors (Lipinski definition) is 1. The lowest BCUT2D eigenvalue weighted by Gasteiger charge is -2.06. The maximum atomic E-state index is 12.4. The zero-order valence-electron chi connectivity index (χ0n) is 13.4. The quantitative estimate of drug-likeness (QED) is 0.506. The summed E-state index contributed by atoms with van der Waals surface area (Å²) in [6.07, 6.45) is 0.709. The number of rotatable bonds is 5. The molecule has 2 rings (SSSR count). The molecule has 0 spiro atoms. The minimum Gasteiger partial charge on any atom is -0.465 e. The number of benzene rings is 1. The minimum absolute atomic E-state index is 0.128. The average Bonchev–Trinajstić information content (AvgIpc) is 2.97. The van der Waals surface area contributed by atoms with Gasteiger partial charge in [-0.3, -0.25) is 14.9 Å². The Bertz CT molecular complexity index is 813. The summed E-state index contributed by atoms with van der Waals surface area (Å²) in [5.74, 6) is -1.07. The number of nitro groups is 1. The largest absolute Gasteiger partial charge is 0.465 e. The minimum atomic E-state index is -0.545. The molecule has 126 valence electrons. The van der Waals surface area contributed by atoms with Crippen molar-refractivity contribution in [2.75, 3.05) is 12.4 Å². The van der Waals surface area contributed by atoms with Crippen molar-refractivity contribution in [3.8, 4) is 0 Å². The third-order valence-corrected chi connectivity index (χ3v) is 4.63. The summed E-state index contributed by atoms with van der Waals surface area (Å²) in [6.45, 7) is 3.53. The van der Waals surface area contributed by atoms with Gasteiger partial charge in [0.15, 0.2) is 0 Å². The number of amides is 1. The van der Waals surface area contributed by atoms with Gasteiger partial charge in [0.05, 0.1) is 17.6 Å². The highest BCUT2D eigenvalue weighted by atomic mass is 32.1. The Morgan fingerprint density at radius 3 is 2.62 bits per heavy atom. The number of nitrogens with one attached hydrogen (secondary N) is 1. The fraction of sp³-hybridized carbons (Fsp3) is 0.250. The van der Waals surface area contributed by atoms with E-state index in [0.29, 0.717) is 17.0 Å². The van der Waals surface area contributed by atoms with Gasteiger partial charge in [-0.15, -0.1) is 11.3 Å². The number of ether oxygens (including phenoxy) is 1. The van der Waals surface area contributed by atoms with E-state index in [-0.39, 0.29) is 16.8 Å². The van der Waals surface area contributed by atoms with Crippen molar-refractivity contribution in [1.29, 1.82) is 0 Å². The van der Waals surface area contributed by atoms with Crippen LogP contribution in [-0.4, -0.2) is 23.9 Å². The van der Waals surface area contributed by atoms with Crippen molar-refractivity contribution >= 4 is 33.9 Å². The van der Waals surface area contributed by atoms with Gasteiger partial charge in [-0.2, -0.15) is 0 Å². The number of nitrogens with zero attached hydrogens (tertiary/aromatic N) is 1. The second-order valence-corrected chi connectivity index (χ2v) is 6.15. The lowest BCUT2D eigenvalue weighted by atomic mass is 10.1. The second kappa shape index (κ2) is 7.22. The summed E-state index contributed by atoms with van der Waals surface area (Å²) in [5.41, 5.74) is 0.760. The molecule has 8 heteroatoms. The Morgan fingerprint density at radius 2 is 2.04 bits per heavy atom. The molecule has 1 N–H and O–H groups in total. The molecule has 1 heterocycles. The molecule has 0 saturated carbocycles. The Morgan fingerprint density at radius 1 is 1.33 bits per heavy atom. The molecule has 0 saturated heterocycles. The van der Waals surface area contributed by atoms with E-state index in [0.717, 1.165) is 4.88 Å². The Kier molecular flexibility index (Phi) is 5.30. The lowest BCUT2D eigenvalue weighted by Crippen LogP contribution is -2.14. The van der Waals surface area contributed by atoms with E-state index in [1.54, 1.807) is 13.0 Å². The summed E-state index contributed by atoms with van der Waals surface area (Å²) < 4.78 is 4.72. The molecule has 0 atom stereocenters. The van der Waals surface area contributed by atoms with Gasteiger partial charge in [-0.1, -0.05) is 13.0 Å². The van der Waals surface area contributed by atoms with Gasteiger partial charge in [0.25, 0.3) is 11.6 Å². The van der Waals surface area contributed by atoms with Gasteiger partial charge in [-0.25, -0.2) is 4.79 Å². The molecule has 0 aliphatic carbocycles. The van der Waals surface area contributed by atoms with Crippen LogP contribution in [0.4, 0.5) is 10.7 Å². The predicted molar refractivity (Wildman–Crippen MR) is 90.8 cm³/mol. The SMILES string of the molecule is CCc1cc(C(=O)OC)c(NC(=O)c2ccc(C)c([N+](=O)[O-])c2)s1. The summed E-state index contributed by atoms with van der Waals surface area (Å²) in [5, 5.41) is 14.0. The van der Waals surface area contributed by atoms with Crippen LogP contribution < -0.4 is 5.32 Å². The van der Waals surface area contributed by atoms with E-state index < -0.39 is 16.8 Å². The fourth-order valence-corrected chi connectivity index (χ4v) is 3.07. The highest BCUT2D eigenvalue weighted by Crippen LogP contribution is 2.30. The molecule has 2 aromatic rings. The molecule has 1 amide bonds. The van der Waals surface area contributed by atoms with Crippen LogP contribution in [0.1, 0.15) is 38.1 Å². The highest BCUT2D eigenvalue weighted by Gasteiger charge is 2.20. The maximum absolute atomic E-state index is 12.4. The number of aryl methyl sites for hydroxylation is 2. The standard InChI is InChI=1S/C16H16N2O5S/c1-4-11-8-12(16(20)23-3)15(24-11)17-14(19)10-6-5-9(2)13(7-10)18(21)22/h5-8H,4H2,1-3H3,(H,17,19). The Hall–Kier alpha value is -2.74. The number of carbonyl (C=O) groups is 2. The van der Waals surface area contributed by atoms with Crippen LogP contribution >= 0.6 is 11.3 Å². The zero-order chi connectivity index (χ0) is 17.9. The van der Waals surface area contributed by atoms with Crippen molar-refractivity contribution in [3.63, 3.8) is 0 Å². The monoisotopic (exact) mass is 348 g/mol. The van der Waals surface area contributed by atoms with E-state index in [4.69, 9.17) is 4.74 Å². The van der Waals surface area contributed by atoms with Crippen LogP contribution in [0.25, 0.3) is 0 Å². The third-order valence-electron chi connectivity index (χ3n) is 3.43. The van der Waals surface area contributed by atoms with Crippen LogP contribution in [0.2, 0.25) is 0 Å². The topological polar surface area (TPSA) is 98.5 Å². The van der Waals surface area contributed by atoms with Gasteiger partial charge in [0.1, 0.15) is 5.00 Å². The van der Waals surface area contributed by atoms with Crippen molar-refractivity contribution in [3.05, 3.63) is 55.9 Å². The number of carbonyl (C=O) groups excluding carboxylic acids is 2. The van der Waals surface area contributed by atoms with Crippen LogP contribution in [-0.2, 0) is 11.2 Å². The van der Waals surface area contributed by atoms with Gasteiger partial charge >= 0.3 is 5.97 Å². The first-order valence-corrected chi connectivity index (χ1v) is 7.96. The first-order valence-electron chi connectivity index (χ1n) is 7.14. The summed E-state index contributed by atoms with van der Waals surface area (Å²) in [6, 6.07) is 5.91. The van der Waals surface area contributed by atoms with Crippen molar-refractivity contribution in [2.45, 2.75) is 20.3 Å². The molecule has 0 aliphatic rings. The number of esters is 1. The summed E-state index contributed by atoms with van der Waals surface area (Å²) in [7, 11) is 1.26. The van der Waals surface area contributed by atoms with E-state index >= 15 is 0 Å². The highest BCUT2D eigenvalue weighted by molar-refractivity contribution is 7.16. The van der Waals surface area contributed by atoms with E-state index in [1.807, 2.05) is 6.92 Å². The number of nitro benzene ring substituents is 1. The number of thiophene rings is 1. The number of hydrogen-bond acceptors (Lipinski definition) is 6. The lowest BCUT2D eigenvalue weighted by molar-refractivity contribution is -0.385.